The van der Waals surface area contributed by atoms with E-state index in [4.69, 9.17) is 4.42 Å². The lowest BCUT2D eigenvalue weighted by Gasteiger charge is -2.31. The van der Waals surface area contributed by atoms with Gasteiger partial charge in [-0.3, -0.25) is 4.79 Å². The molecule has 1 amide bonds. The maximum Gasteiger partial charge on any atom is 0.289 e. The Kier molecular flexibility index (Phi) is 4.68. The van der Waals surface area contributed by atoms with Crippen molar-refractivity contribution < 1.29 is 9.21 Å². The van der Waals surface area contributed by atoms with Crippen LogP contribution < -0.4 is 5.32 Å². The Bertz CT molecular complexity index is 685. The minimum atomic E-state index is 0.0209. The van der Waals surface area contributed by atoms with Crippen LogP contribution in [0.3, 0.4) is 0 Å². The summed E-state index contributed by atoms with van der Waals surface area (Å²) in [4.78, 5) is 17.0. The minimum Gasteiger partial charge on any atom is -0.451 e. The number of fused-ring (bicyclic) bond motifs is 1. The normalized spacial score (nSPS) is 16.4. The lowest BCUT2D eigenvalue weighted by molar-refractivity contribution is 0.0675. The molecular weight excluding hydrogens is 290 g/mol. The van der Waals surface area contributed by atoms with Crippen LogP contribution in [0.25, 0.3) is 11.0 Å². The molecule has 0 saturated carbocycles. The Balaban J connectivity index is 1.90. The van der Waals surface area contributed by atoms with Gasteiger partial charge in [0.2, 0.25) is 0 Å². The number of para-hydroxylation sites is 1. The lowest BCUT2D eigenvalue weighted by atomic mass is 10.0. The van der Waals surface area contributed by atoms with E-state index in [0.717, 1.165) is 42.5 Å². The van der Waals surface area contributed by atoms with E-state index in [1.165, 1.54) is 0 Å². The van der Waals surface area contributed by atoms with Crippen molar-refractivity contribution in [2.24, 2.45) is 0 Å². The van der Waals surface area contributed by atoms with E-state index in [1.54, 1.807) is 0 Å². The highest BCUT2D eigenvalue weighted by molar-refractivity contribution is 5.99. The molecule has 0 atom stereocenters. The SMILES string of the molecule is CNC1CCN(C(=O)c2oc3ccccc3c2CN(C)C)CC1. The molecule has 5 heteroatoms. The molecule has 5 nitrogen and oxygen atoms in total. The number of carbonyl (C=O) groups is 1. The second-order valence-electron chi connectivity index (χ2n) is 6.50. The van der Waals surface area contributed by atoms with Gasteiger partial charge in [0, 0.05) is 36.6 Å². The summed E-state index contributed by atoms with van der Waals surface area (Å²) in [6, 6.07) is 8.40. The molecule has 1 fully saturated rings. The number of likely N-dealkylation sites (tertiary alicyclic amines) is 1. The lowest BCUT2D eigenvalue weighted by Crippen LogP contribution is -2.44. The molecule has 1 saturated heterocycles. The second kappa shape index (κ2) is 6.72. The number of nitrogens with zero attached hydrogens (tertiary/aromatic N) is 2. The number of hydrogen-bond acceptors (Lipinski definition) is 4. The quantitative estimate of drug-likeness (QED) is 0.941. The first-order valence-electron chi connectivity index (χ1n) is 8.22. The average molecular weight is 315 g/mol. The van der Waals surface area contributed by atoms with Gasteiger partial charge < -0.3 is 19.5 Å². The van der Waals surface area contributed by atoms with Crippen LogP contribution in [0.5, 0.6) is 0 Å². The molecular formula is C18H25N3O2. The fourth-order valence-corrected chi connectivity index (χ4v) is 3.26. The molecule has 23 heavy (non-hydrogen) atoms. The van der Waals surface area contributed by atoms with Crippen molar-refractivity contribution in [1.29, 1.82) is 0 Å². The molecule has 1 aliphatic heterocycles. The minimum absolute atomic E-state index is 0.0209. The van der Waals surface area contributed by atoms with Crippen molar-refractivity contribution in [1.82, 2.24) is 15.1 Å². The van der Waals surface area contributed by atoms with Crippen molar-refractivity contribution in [2.45, 2.75) is 25.4 Å². The Hall–Kier alpha value is -1.85. The summed E-state index contributed by atoms with van der Waals surface area (Å²) in [6.45, 7) is 2.26. The third kappa shape index (κ3) is 3.26. The maximum absolute atomic E-state index is 13.0. The van der Waals surface area contributed by atoms with E-state index in [2.05, 4.69) is 10.2 Å². The molecule has 0 bridgehead atoms. The number of hydrogen-bond donors (Lipinski definition) is 1. The first-order valence-corrected chi connectivity index (χ1v) is 8.22. The van der Waals surface area contributed by atoms with Crippen LogP contribution in [0, 0.1) is 0 Å². The maximum atomic E-state index is 13.0. The molecule has 1 aromatic heterocycles. The van der Waals surface area contributed by atoms with Crippen molar-refractivity contribution in [3.05, 3.63) is 35.6 Å². The van der Waals surface area contributed by atoms with Crippen LogP contribution >= 0.6 is 0 Å². The highest BCUT2D eigenvalue weighted by Gasteiger charge is 2.28. The zero-order valence-electron chi connectivity index (χ0n) is 14.1. The van der Waals surface area contributed by atoms with Crippen LogP contribution in [-0.2, 0) is 6.54 Å². The summed E-state index contributed by atoms with van der Waals surface area (Å²) in [6.07, 6.45) is 1.98. The predicted molar refractivity (Wildman–Crippen MR) is 91.6 cm³/mol. The highest BCUT2D eigenvalue weighted by Crippen LogP contribution is 2.28. The molecule has 0 unspecified atom stereocenters. The van der Waals surface area contributed by atoms with Crippen molar-refractivity contribution in [3.63, 3.8) is 0 Å². The van der Waals surface area contributed by atoms with Gasteiger partial charge in [0.15, 0.2) is 5.76 Å². The highest BCUT2D eigenvalue weighted by atomic mass is 16.3. The monoisotopic (exact) mass is 315 g/mol. The van der Waals surface area contributed by atoms with Gasteiger partial charge in [-0.1, -0.05) is 18.2 Å². The van der Waals surface area contributed by atoms with Crippen LogP contribution in [-0.4, -0.2) is 56.0 Å². The third-order valence-corrected chi connectivity index (χ3v) is 4.56. The van der Waals surface area contributed by atoms with Gasteiger partial charge in [-0.25, -0.2) is 0 Å². The molecule has 1 aromatic carbocycles. The zero-order valence-corrected chi connectivity index (χ0v) is 14.1. The molecule has 1 N–H and O–H groups in total. The number of carbonyl (C=O) groups excluding carboxylic acids is 1. The summed E-state index contributed by atoms with van der Waals surface area (Å²) in [5, 5.41) is 4.33. The van der Waals surface area contributed by atoms with Gasteiger partial charge in [-0.15, -0.1) is 0 Å². The Labute approximate surface area is 137 Å². The Morgan fingerprint density at radius 1 is 1.30 bits per heavy atom. The molecule has 124 valence electrons. The largest absolute Gasteiger partial charge is 0.451 e. The molecule has 0 aliphatic carbocycles. The summed E-state index contributed by atoms with van der Waals surface area (Å²) in [5.74, 6) is 0.524. The van der Waals surface area contributed by atoms with Crippen LogP contribution in [0.4, 0.5) is 0 Å². The second-order valence-corrected chi connectivity index (χ2v) is 6.50. The summed E-state index contributed by atoms with van der Waals surface area (Å²) in [5.41, 5.74) is 1.78. The van der Waals surface area contributed by atoms with Crippen molar-refractivity contribution in [2.75, 3.05) is 34.2 Å². The van der Waals surface area contributed by atoms with Gasteiger partial charge in [0.25, 0.3) is 5.91 Å². The average Bonchev–Trinajstić information content (AvgIpc) is 2.92. The molecule has 0 spiro atoms. The molecule has 1 aliphatic rings. The van der Waals surface area contributed by atoms with Gasteiger partial charge >= 0.3 is 0 Å². The van der Waals surface area contributed by atoms with Crippen LogP contribution in [0.2, 0.25) is 0 Å². The van der Waals surface area contributed by atoms with Gasteiger partial charge in [-0.2, -0.15) is 0 Å². The third-order valence-electron chi connectivity index (χ3n) is 4.56. The van der Waals surface area contributed by atoms with E-state index in [0.29, 0.717) is 18.3 Å². The Morgan fingerprint density at radius 2 is 2.00 bits per heavy atom. The number of rotatable bonds is 4. The number of nitrogens with one attached hydrogen (secondary N) is 1. The van der Waals surface area contributed by atoms with Gasteiger partial charge in [0.05, 0.1) is 0 Å². The van der Waals surface area contributed by atoms with Gasteiger partial charge in [0.1, 0.15) is 5.58 Å². The van der Waals surface area contributed by atoms with Crippen LogP contribution in [0.15, 0.2) is 28.7 Å². The smallest absolute Gasteiger partial charge is 0.289 e. The summed E-state index contributed by atoms with van der Waals surface area (Å²) < 4.78 is 5.93. The van der Waals surface area contributed by atoms with E-state index in [9.17, 15) is 4.79 Å². The topological polar surface area (TPSA) is 48.7 Å². The standard InChI is InChI=1S/C18H25N3O2/c1-19-13-8-10-21(11-9-13)18(22)17-15(12-20(2)3)14-6-4-5-7-16(14)23-17/h4-7,13,19H,8-12H2,1-3H3. The van der Waals surface area contributed by atoms with E-state index >= 15 is 0 Å². The summed E-state index contributed by atoms with van der Waals surface area (Å²) in [7, 11) is 6.00. The first kappa shape index (κ1) is 16.0. The fourth-order valence-electron chi connectivity index (χ4n) is 3.26. The van der Waals surface area contributed by atoms with Crippen molar-refractivity contribution in [3.8, 4) is 0 Å². The van der Waals surface area contributed by atoms with Crippen LogP contribution in [0.1, 0.15) is 29.0 Å². The molecule has 0 radical (unpaired) electrons. The number of piperidine rings is 1. The number of benzene rings is 1. The van der Waals surface area contributed by atoms with Crippen molar-refractivity contribution >= 4 is 16.9 Å². The number of amides is 1. The first-order chi connectivity index (χ1) is 11.1. The van der Waals surface area contributed by atoms with E-state index in [-0.39, 0.29) is 5.91 Å². The zero-order chi connectivity index (χ0) is 16.4. The molecule has 2 aromatic rings. The van der Waals surface area contributed by atoms with Gasteiger partial charge in [-0.05, 0) is 40.1 Å². The fraction of sp³-hybridized carbons (Fsp3) is 0.500. The van der Waals surface area contributed by atoms with E-state index < -0.39 is 0 Å². The molecule has 3 rings (SSSR count). The number of furan rings is 1. The molecule has 2 heterocycles. The summed E-state index contributed by atoms with van der Waals surface area (Å²) >= 11 is 0. The Morgan fingerprint density at radius 3 is 2.65 bits per heavy atom. The predicted octanol–water partition coefficient (Wildman–Crippen LogP) is 2.32. The van der Waals surface area contributed by atoms with E-state index in [1.807, 2.05) is 50.3 Å².